The number of methoxy groups -OCH3 is 1. The molecule has 0 bridgehead atoms. The molecule has 5 heteroatoms. The average molecular weight is 252 g/mol. The minimum atomic E-state index is -0.735. The molecule has 0 aliphatic heterocycles. The number of esters is 1. The highest BCUT2D eigenvalue weighted by atomic mass is 16.5. The smallest absolute Gasteiger partial charge is 0.318 e. The van der Waals surface area contributed by atoms with Crippen LogP contribution in [0.2, 0.25) is 0 Å². The van der Waals surface area contributed by atoms with Crippen LogP contribution in [0.4, 0.5) is 0 Å². The third kappa shape index (κ3) is 3.91. The number of hydrogen-bond acceptors (Lipinski definition) is 3. The summed E-state index contributed by atoms with van der Waals surface area (Å²) in [5.74, 6) is -1.57. The van der Waals surface area contributed by atoms with Crippen molar-refractivity contribution in [2.24, 2.45) is 11.8 Å². The summed E-state index contributed by atoms with van der Waals surface area (Å²) in [6, 6.07) is 1.95. The lowest BCUT2D eigenvalue weighted by Gasteiger charge is -2.17. The number of H-pyrrole nitrogens is 1. The summed E-state index contributed by atoms with van der Waals surface area (Å²) >= 11 is 0. The largest absolute Gasteiger partial charge is 0.468 e. The molecule has 1 amide bonds. The minimum Gasteiger partial charge on any atom is -0.468 e. The van der Waals surface area contributed by atoms with E-state index >= 15 is 0 Å². The van der Waals surface area contributed by atoms with Crippen molar-refractivity contribution in [3.63, 3.8) is 0 Å². The van der Waals surface area contributed by atoms with E-state index in [1.165, 1.54) is 7.11 Å². The molecule has 0 spiro atoms. The highest BCUT2D eigenvalue weighted by Crippen LogP contribution is 2.12. The fourth-order valence-electron chi connectivity index (χ4n) is 1.76. The highest BCUT2D eigenvalue weighted by Gasteiger charge is 2.30. The molecule has 18 heavy (non-hydrogen) atoms. The summed E-state index contributed by atoms with van der Waals surface area (Å²) in [5, 5.41) is 2.76. The van der Waals surface area contributed by atoms with Gasteiger partial charge in [0.05, 0.1) is 7.11 Å². The third-order valence-corrected chi connectivity index (χ3v) is 2.78. The summed E-state index contributed by atoms with van der Waals surface area (Å²) in [5.41, 5.74) is 1.12. The van der Waals surface area contributed by atoms with Crippen LogP contribution in [0.5, 0.6) is 0 Å². The van der Waals surface area contributed by atoms with Gasteiger partial charge in [0.1, 0.15) is 5.92 Å². The van der Waals surface area contributed by atoms with Gasteiger partial charge in [0, 0.05) is 18.9 Å². The van der Waals surface area contributed by atoms with Crippen molar-refractivity contribution in [3.8, 4) is 0 Å². The van der Waals surface area contributed by atoms with Crippen LogP contribution in [0.3, 0.4) is 0 Å². The van der Waals surface area contributed by atoms with Gasteiger partial charge < -0.3 is 15.0 Å². The van der Waals surface area contributed by atoms with Crippen LogP contribution >= 0.6 is 0 Å². The van der Waals surface area contributed by atoms with Gasteiger partial charge in [0.25, 0.3) is 0 Å². The molecule has 0 aliphatic rings. The van der Waals surface area contributed by atoms with Gasteiger partial charge in [-0.2, -0.15) is 0 Å². The Morgan fingerprint density at radius 3 is 2.67 bits per heavy atom. The Kier molecular flexibility index (Phi) is 5.42. The first-order chi connectivity index (χ1) is 8.56. The fourth-order valence-corrected chi connectivity index (χ4v) is 1.76. The average Bonchev–Trinajstić information content (AvgIpc) is 2.81. The zero-order valence-corrected chi connectivity index (χ0v) is 11.0. The van der Waals surface area contributed by atoms with Gasteiger partial charge in [-0.05, 0) is 24.0 Å². The SMILES string of the molecule is COC(=O)C(C(=O)NCCc1cc[nH]c1)C(C)C. The Hall–Kier alpha value is -1.78. The third-order valence-electron chi connectivity index (χ3n) is 2.78. The molecule has 0 radical (unpaired) electrons. The number of rotatable bonds is 6. The lowest BCUT2D eigenvalue weighted by atomic mass is 9.95. The molecule has 0 aromatic carbocycles. The number of nitrogens with one attached hydrogen (secondary N) is 2. The summed E-state index contributed by atoms with van der Waals surface area (Å²) in [4.78, 5) is 26.3. The van der Waals surface area contributed by atoms with E-state index < -0.39 is 11.9 Å². The number of ether oxygens (including phenoxy) is 1. The van der Waals surface area contributed by atoms with Crippen LogP contribution < -0.4 is 5.32 Å². The van der Waals surface area contributed by atoms with Crippen LogP contribution in [0.15, 0.2) is 18.5 Å². The van der Waals surface area contributed by atoms with Gasteiger partial charge in [-0.25, -0.2) is 0 Å². The van der Waals surface area contributed by atoms with Crippen molar-refractivity contribution < 1.29 is 14.3 Å². The molecule has 1 atom stereocenters. The van der Waals surface area contributed by atoms with E-state index in [0.717, 1.165) is 12.0 Å². The molecular weight excluding hydrogens is 232 g/mol. The Bertz CT molecular complexity index is 385. The van der Waals surface area contributed by atoms with Crippen molar-refractivity contribution in [2.75, 3.05) is 13.7 Å². The van der Waals surface area contributed by atoms with E-state index in [-0.39, 0.29) is 11.8 Å². The first kappa shape index (κ1) is 14.3. The predicted molar refractivity (Wildman–Crippen MR) is 67.9 cm³/mol. The monoisotopic (exact) mass is 252 g/mol. The zero-order chi connectivity index (χ0) is 13.5. The molecule has 1 aromatic rings. The zero-order valence-electron chi connectivity index (χ0n) is 11.0. The number of aromatic nitrogens is 1. The minimum absolute atomic E-state index is 0.0790. The van der Waals surface area contributed by atoms with Crippen molar-refractivity contribution in [3.05, 3.63) is 24.0 Å². The van der Waals surface area contributed by atoms with Crippen LogP contribution in [0.25, 0.3) is 0 Å². The molecular formula is C13H20N2O3. The second kappa shape index (κ2) is 6.83. The van der Waals surface area contributed by atoms with Gasteiger partial charge in [-0.15, -0.1) is 0 Å². The van der Waals surface area contributed by atoms with E-state index in [9.17, 15) is 9.59 Å². The van der Waals surface area contributed by atoms with E-state index in [1.807, 2.05) is 32.3 Å². The van der Waals surface area contributed by atoms with Crippen LogP contribution in [0.1, 0.15) is 19.4 Å². The topological polar surface area (TPSA) is 71.2 Å². The highest BCUT2D eigenvalue weighted by molar-refractivity contribution is 5.97. The quantitative estimate of drug-likeness (QED) is 0.588. The number of hydrogen-bond donors (Lipinski definition) is 2. The van der Waals surface area contributed by atoms with Gasteiger partial charge in [-0.1, -0.05) is 13.8 Å². The molecule has 0 fully saturated rings. The molecule has 2 N–H and O–H groups in total. The van der Waals surface area contributed by atoms with Gasteiger partial charge in [0.2, 0.25) is 5.91 Å². The summed E-state index contributed by atoms with van der Waals surface area (Å²) in [6.07, 6.45) is 4.45. The Labute approximate surface area is 107 Å². The summed E-state index contributed by atoms with van der Waals surface area (Å²) in [7, 11) is 1.30. The van der Waals surface area contributed by atoms with Crippen molar-refractivity contribution in [1.82, 2.24) is 10.3 Å². The molecule has 1 heterocycles. The van der Waals surface area contributed by atoms with Crippen molar-refractivity contribution >= 4 is 11.9 Å². The fraction of sp³-hybridized carbons (Fsp3) is 0.538. The summed E-state index contributed by atoms with van der Waals surface area (Å²) < 4.78 is 4.64. The molecule has 1 rings (SSSR count). The Balaban J connectivity index is 2.44. The first-order valence-corrected chi connectivity index (χ1v) is 6.03. The van der Waals surface area contributed by atoms with E-state index in [4.69, 9.17) is 0 Å². The molecule has 0 aliphatic carbocycles. The number of amides is 1. The van der Waals surface area contributed by atoms with Gasteiger partial charge in [-0.3, -0.25) is 9.59 Å². The van der Waals surface area contributed by atoms with E-state index in [1.54, 1.807) is 0 Å². The molecule has 1 unspecified atom stereocenters. The van der Waals surface area contributed by atoms with Gasteiger partial charge in [0.15, 0.2) is 0 Å². The Morgan fingerprint density at radius 1 is 1.44 bits per heavy atom. The molecule has 0 saturated carbocycles. The normalized spacial score (nSPS) is 12.2. The number of carbonyl (C=O) groups is 2. The first-order valence-electron chi connectivity index (χ1n) is 6.03. The maximum Gasteiger partial charge on any atom is 0.318 e. The van der Waals surface area contributed by atoms with Crippen LogP contribution in [0, 0.1) is 11.8 Å². The molecule has 5 nitrogen and oxygen atoms in total. The predicted octanol–water partition coefficient (Wildman–Crippen LogP) is 1.12. The van der Waals surface area contributed by atoms with E-state index in [0.29, 0.717) is 6.54 Å². The van der Waals surface area contributed by atoms with Crippen molar-refractivity contribution in [1.29, 1.82) is 0 Å². The van der Waals surface area contributed by atoms with Gasteiger partial charge >= 0.3 is 5.97 Å². The van der Waals surface area contributed by atoms with Crippen LogP contribution in [-0.4, -0.2) is 30.5 Å². The standard InChI is InChI=1S/C13H20N2O3/c1-9(2)11(13(17)18-3)12(16)15-7-5-10-4-6-14-8-10/h4,6,8-9,11,14H,5,7H2,1-3H3,(H,15,16). The lowest BCUT2D eigenvalue weighted by Crippen LogP contribution is -2.39. The maximum atomic E-state index is 11.9. The van der Waals surface area contributed by atoms with Crippen LogP contribution in [-0.2, 0) is 20.7 Å². The lowest BCUT2D eigenvalue weighted by molar-refractivity contribution is -0.151. The summed E-state index contributed by atoms with van der Waals surface area (Å²) in [6.45, 7) is 4.16. The molecule has 100 valence electrons. The second-order valence-corrected chi connectivity index (χ2v) is 4.51. The number of carbonyl (C=O) groups excluding carboxylic acids is 2. The Morgan fingerprint density at radius 2 is 2.17 bits per heavy atom. The van der Waals surface area contributed by atoms with E-state index in [2.05, 4.69) is 15.0 Å². The van der Waals surface area contributed by atoms with Crippen molar-refractivity contribution in [2.45, 2.75) is 20.3 Å². The maximum absolute atomic E-state index is 11.9. The molecule has 1 aromatic heterocycles. The number of aromatic amines is 1. The molecule has 0 saturated heterocycles. The second-order valence-electron chi connectivity index (χ2n) is 4.51.